The highest BCUT2D eigenvalue weighted by Gasteiger charge is 2.67. The number of nitrogens with zero attached hydrogens (tertiary/aromatic N) is 1. The van der Waals surface area contributed by atoms with Gasteiger partial charge in [0.1, 0.15) is 5.41 Å². The Kier molecular flexibility index (Phi) is 1.78. The number of primary amides is 1. The van der Waals surface area contributed by atoms with E-state index in [4.69, 9.17) is 11.0 Å². The fourth-order valence-electron chi connectivity index (χ4n) is 2.01. The van der Waals surface area contributed by atoms with Gasteiger partial charge in [-0.1, -0.05) is 36.5 Å². The topological polar surface area (TPSA) is 66.9 Å². The maximum Gasteiger partial charge on any atom is 0.239 e. The van der Waals surface area contributed by atoms with Gasteiger partial charge >= 0.3 is 0 Å². The summed E-state index contributed by atoms with van der Waals surface area (Å²) in [5.74, 6) is -0.622. The molecule has 1 amide bonds. The van der Waals surface area contributed by atoms with Crippen molar-refractivity contribution in [2.45, 2.75) is 0 Å². The predicted molar refractivity (Wildman–Crippen MR) is 51.6 cm³/mol. The van der Waals surface area contributed by atoms with E-state index in [9.17, 15) is 4.79 Å². The minimum absolute atomic E-state index is 0.0498. The number of carbonyl (C=O) groups excluding carboxylic acids is 1. The Morgan fingerprint density at radius 3 is 2.07 bits per heavy atom. The molecule has 1 fully saturated rings. The van der Waals surface area contributed by atoms with Gasteiger partial charge < -0.3 is 5.73 Å². The first-order valence-corrected chi connectivity index (χ1v) is 4.46. The van der Waals surface area contributed by atoms with Gasteiger partial charge in [0.2, 0.25) is 5.91 Å². The SMILES string of the molecule is N#CC1(C(N)=O)C2\C=C/C=C\C=C/C21. The van der Waals surface area contributed by atoms with Crippen LogP contribution >= 0.6 is 0 Å². The molecule has 0 saturated heterocycles. The lowest BCUT2D eigenvalue weighted by atomic mass is 10.0. The number of nitriles is 1. The van der Waals surface area contributed by atoms with Crippen LogP contribution in [-0.4, -0.2) is 5.91 Å². The highest BCUT2D eigenvalue weighted by atomic mass is 16.1. The molecule has 0 aromatic heterocycles. The first-order chi connectivity index (χ1) is 6.73. The van der Waals surface area contributed by atoms with Gasteiger partial charge in [0, 0.05) is 11.8 Å². The van der Waals surface area contributed by atoms with E-state index in [2.05, 4.69) is 0 Å². The van der Waals surface area contributed by atoms with Crippen molar-refractivity contribution >= 4 is 5.91 Å². The number of allylic oxidation sites excluding steroid dienone is 6. The van der Waals surface area contributed by atoms with Gasteiger partial charge in [0.15, 0.2) is 0 Å². The Balaban J connectivity index is 2.38. The Labute approximate surface area is 82.2 Å². The molecule has 0 spiro atoms. The molecule has 0 aliphatic heterocycles. The highest BCUT2D eigenvalue weighted by molar-refractivity contribution is 5.89. The average molecular weight is 186 g/mol. The van der Waals surface area contributed by atoms with E-state index in [1.165, 1.54) is 0 Å². The Bertz CT molecular complexity index is 376. The number of hydrogen-bond acceptors (Lipinski definition) is 2. The maximum atomic E-state index is 11.2. The van der Waals surface area contributed by atoms with Crippen molar-refractivity contribution in [3.63, 3.8) is 0 Å². The molecular weight excluding hydrogens is 176 g/mol. The van der Waals surface area contributed by atoms with Crippen LogP contribution in [0.25, 0.3) is 0 Å². The smallest absolute Gasteiger partial charge is 0.239 e. The van der Waals surface area contributed by atoms with E-state index in [0.717, 1.165) is 0 Å². The fourth-order valence-corrected chi connectivity index (χ4v) is 2.01. The molecular formula is C11H10N2O. The van der Waals surface area contributed by atoms with E-state index >= 15 is 0 Å². The molecule has 2 unspecified atom stereocenters. The molecule has 2 aliphatic rings. The summed E-state index contributed by atoms with van der Waals surface area (Å²) < 4.78 is 0. The van der Waals surface area contributed by atoms with Crippen LogP contribution in [0.1, 0.15) is 0 Å². The minimum atomic E-state index is -1.00. The maximum absolute atomic E-state index is 11.2. The van der Waals surface area contributed by atoms with Gasteiger partial charge in [-0.25, -0.2) is 0 Å². The molecule has 0 aromatic carbocycles. The van der Waals surface area contributed by atoms with Crippen LogP contribution in [0.2, 0.25) is 0 Å². The molecule has 0 radical (unpaired) electrons. The number of amides is 1. The molecule has 1 saturated carbocycles. The quantitative estimate of drug-likeness (QED) is 0.661. The molecule has 14 heavy (non-hydrogen) atoms. The van der Waals surface area contributed by atoms with Gasteiger partial charge in [-0.3, -0.25) is 4.79 Å². The molecule has 2 rings (SSSR count). The molecule has 0 bridgehead atoms. The lowest BCUT2D eigenvalue weighted by molar-refractivity contribution is -0.121. The van der Waals surface area contributed by atoms with Crippen molar-refractivity contribution in [3.8, 4) is 6.07 Å². The first kappa shape index (κ1) is 8.76. The summed E-state index contributed by atoms with van der Waals surface area (Å²) in [6.07, 6.45) is 11.2. The van der Waals surface area contributed by atoms with E-state index in [0.29, 0.717) is 0 Å². The zero-order valence-corrected chi connectivity index (χ0v) is 7.55. The molecule has 3 heteroatoms. The minimum Gasteiger partial charge on any atom is -0.368 e. The largest absolute Gasteiger partial charge is 0.368 e. The van der Waals surface area contributed by atoms with Crippen molar-refractivity contribution in [1.29, 1.82) is 5.26 Å². The summed E-state index contributed by atoms with van der Waals surface area (Å²) in [6.45, 7) is 0. The Morgan fingerprint density at radius 1 is 1.21 bits per heavy atom. The molecule has 0 heterocycles. The lowest BCUT2D eigenvalue weighted by Crippen LogP contribution is -2.26. The van der Waals surface area contributed by atoms with Gasteiger partial charge in [0.25, 0.3) is 0 Å². The van der Waals surface area contributed by atoms with Crippen LogP contribution in [-0.2, 0) is 4.79 Å². The molecule has 2 N–H and O–H groups in total. The zero-order valence-electron chi connectivity index (χ0n) is 7.55. The third kappa shape index (κ3) is 0.942. The Hall–Kier alpha value is -1.82. The number of carbonyl (C=O) groups is 1. The second-order valence-corrected chi connectivity index (χ2v) is 3.55. The molecule has 3 nitrogen and oxygen atoms in total. The van der Waals surface area contributed by atoms with Crippen molar-refractivity contribution < 1.29 is 4.79 Å². The fraction of sp³-hybridized carbons (Fsp3) is 0.273. The zero-order chi connectivity index (χ0) is 10.2. The van der Waals surface area contributed by atoms with Crippen LogP contribution in [0.5, 0.6) is 0 Å². The van der Waals surface area contributed by atoms with Gasteiger partial charge in [-0.05, 0) is 0 Å². The summed E-state index contributed by atoms with van der Waals surface area (Å²) in [7, 11) is 0. The van der Waals surface area contributed by atoms with Crippen molar-refractivity contribution in [1.82, 2.24) is 0 Å². The second-order valence-electron chi connectivity index (χ2n) is 3.55. The Morgan fingerprint density at radius 2 is 1.71 bits per heavy atom. The number of fused-ring (bicyclic) bond motifs is 1. The lowest BCUT2D eigenvalue weighted by Gasteiger charge is -1.99. The van der Waals surface area contributed by atoms with Gasteiger partial charge in [0.05, 0.1) is 6.07 Å². The number of rotatable bonds is 1. The van der Waals surface area contributed by atoms with E-state index < -0.39 is 11.3 Å². The summed E-state index contributed by atoms with van der Waals surface area (Å²) in [6, 6.07) is 2.04. The number of nitrogens with two attached hydrogens (primary N) is 1. The van der Waals surface area contributed by atoms with Crippen molar-refractivity contribution in [2.24, 2.45) is 23.0 Å². The monoisotopic (exact) mass is 186 g/mol. The van der Waals surface area contributed by atoms with E-state index in [-0.39, 0.29) is 11.8 Å². The van der Waals surface area contributed by atoms with Crippen molar-refractivity contribution in [2.75, 3.05) is 0 Å². The third-order valence-electron chi connectivity index (χ3n) is 2.89. The van der Waals surface area contributed by atoms with E-state index in [1.807, 2.05) is 42.5 Å². The predicted octanol–water partition coefficient (Wildman–Crippen LogP) is 0.910. The number of hydrogen-bond donors (Lipinski definition) is 1. The standard InChI is InChI=1S/C11H10N2O/c12-7-11(10(13)14)8-5-3-1-2-4-6-9(8)11/h1-6,8-9H,(H2,13,14)/b2-1-,5-3-,6-4-. The van der Waals surface area contributed by atoms with Gasteiger partial charge in [-0.2, -0.15) is 5.26 Å². The summed E-state index contributed by atoms with van der Waals surface area (Å²) in [5, 5.41) is 9.00. The summed E-state index contributed by atoms with van der Waals surface area (Å²) >= 11 is 0. The van der Waals surface area contributed by atoms with Crippen LogP contribution in [0.3, 0.4) is 0 Å². The second kappa shape index (κ2) is 2.85. The molecule has 70 valence electrons. The molecule has 2 aliphatic carbocycles. The van der Waals surface area contributed by atoms with Crippen LogP contribution in [0.15, 0.2) is 36.5 Å². The third-order valence-corrected chi connectivity index (χ3v) is 2.89. The highest BCUT2D eigenvalue weighted by Crippen LogP contribution is 2.60. The summed E-state index contributed by atoms with van der Waals surface area (Å²) in [4.78, 5) is 11.2. The average Bonchev–Trinajstić information content (AvgIpc) is 2.71. The molecule has 2 atom stereocenters. The van der Waals surface area contributed by atoms with Crippen LogP contribution in [0, 0.1) is 28.6 Å². The first-order valence-electron chi connectivity index (χ1n) is 4.46. The van der Waals surface area contributed by atoms with Crippen LogP contribution < -0.4 is 5.73 Å². The normalized spacial score (nSPS) is 44.8. The molecule has 0 aromatic rings. The van der Waals surface area contributed by atoms with Gasteiger partial charge in [-0.15, -0.1) is 0 Å². The van der Waals surface area contributed by atoms with Crippen LogP contribution in [0.4, 0.5) is 0 Å². The summed E-state index contributed by atoms with van der Waals surface area (Å²) in [5.41, 5.74) is 4.25. The van der Waals surface area contributed by atoms with Crippen molar-refractivity contribution in [3.05, 3.63) is 36.5 Å². The van der Waals surface area contributed by atoms with E-state index in [1.54, 1.807) is 0 Å².